The SMILES string of the molecule is CCCCOC(=O)N1CCN(C(=O)[C@H](CP(=O)(NC(C)(C)C(=O)OCC)NC(C)(C)C(=O)OCC)NC(=O)c2cc(N3CC[C@H](OC)C3)nc(-c3ccccc3)n2)CC1. The quantitative estimate of drug-likeness (QED) is 0.0799. The van der Waals surface area contributed by atoms with E-state index < -0.39 is 60.6 Å². The number of hydrogen-bond donors (Lipinski definition) is 3. The van der Waals surface area contributed by atoms with E-state index in [0.29, 0.717) is 24.5 Å². The Morgan fingerprint density at radius 1 is 0.847 bits per heavy atom. The average molecular weight is 845 g/mol. The van der Waals surface area contributed by atoms with Gasteiger partial charge in [0.05, 0.1) is 32.1 Å². The van der Waals surface area contributed by atoms with Crippen LogP contribution in [0, 0.1) is 0 Å². The first kappa shape index (κ1) is 47.0. The Morgan fingerprint density at radius 3 is 1.98 bits per heavy atom. The van der Waals surface area contributed by atoms with Crippen LogP contribution in [0.5, 0.6) is 0 Å². The third-order valence-electron chi connectivity index (χ3n) is 9.89. The third-order valence-corrected chi connectivity index (χ3v) is 12.6. The van der Waals surface area contributed by atoms with Crippen molar-refractivity contribution < 1.29 is 47.5 Å². The molecule has 2 saturated heterocycles. The predicted molar refractivity (Wildman–Crippen MR) is 221 cm³/mol. The van der Waals surface area contributed by atoms with Gasteiger partial charge in [0.2, 0.25) is 13.4 Å². The van der Waals surface area contributed by atoms with Gasteiger partial charge in [-0.25, -0.2) is 24.9 Å². The second-order valence-electron chi connectivity index (χ2n) is 15.5. The van der Waals surface area contributed by atoms with Gasteiger partial charge in [-0.1, -0.05) is 43.7 Å². The average Bonchev–Trinajstić information content (AvgIpc) is 3.70. The van der Waals surface area contributed by atoms with E-state index in [-0.39, 0.29) is 63.6 Å². The maximum absolute atomic E-state index is 15.3. The molecule has 2 aliphatic rings. The number of benzene rings is 1. The normalized spacial score (nSPS) is 16.7. The Balaban J connectivity index is 1.75. The van der Waals surface area contributed by atoms with E-state index in [1.165, 1.54) is 43.6 Å². The minimum absolute atomic E-state index is 0.0325. The third kappa shape index (κ3) is 12.9. The zero-order valence-electron chi connectivity index (χ0n) is 35.6. The molecule has 3 heterocycles. The number of rotatable bonds is 19. The molecule has 0 spiro atoms. The molecular weight excluding hydrogens is 783 g/mol. The highest BCUT2D eigenvalue weighted by atomic mass is 31.2. The van der Waals surface area contributed by atoms with Crippen molar-refractivity contribution in [3.05, 3.63) is 42.1 Å². The molecule has 0 saturated carbocycles. The zero-order chi connectivity index (χ0) is 43.4. The van der Waals surface area contributed by atoms with Crippen molar-refractivity contribution in [3.63, 3.8) is 0 Å². The number of nitrogens with zero attached hydrogens (tertiary/aromatic N) is 5. The van der Waals surface area contributed by atoms with Crippen molar-refractivity contribution >= 4 is 43.1 Å². The lowest BCUT2D eigenvalue weighted by atomic mass is 10.1. The van der Waals surface area contributed by atoms with Gasteiger partial charge in [-0.2, -0.15) is 0 Å². The van der Waals surface area contributed by atoms with Crippen molar-refractivity contribution in [1.82, 2.24) is 35.3 Å². The number of methoxy groups -OCH3 is 1. The molecule has 2 aliphatic heterocycles. The summed E-state index contributed by atoms with van der Waals surface area (Å²) in [5.41, 5.74) is -2.58. The number of nitrogens with one attached hydrogen (secondary N) is 3. The zero-order valence-corrected chi connectivity index (χ0v) is 36.5. The second-order valence-corrected chi connectivity index (χ2v) is 17.8. The molecule has 1 aromatic carbocycles. The summed E-state index contributed by atoms with van der Waals surface area (Å²) in [5, 5.41) is 8.53. The van der Waals surface area contributed by atoms with Crippen molar-refractivity contribution in [2.45, 2.75) is 91.0 Å². The number of unbranched alkanes of at least 4 members (excludes halogenated alkanes) is 1. The van der Waals surface area contributed by atoms with Gasteiger partial charge in [0.1, 0.15) is 28.6 Å². The van der Waals surface area contributed by atoms with Gasteiger partial charge in [-0.3, -0.25) is 23.7 Å². The van der Waals surface area contributed by atoms with Gasteiger partial charge >= 0.3 is 18.0 Å². The number of anilines is 1. The molecule has 326 valence electrons. The highest BCUT2D eigenvalue weighted by Gasteiger charge is 2.46. The summed E-state index contributed by atoms with van der Waals surface area (Å²) in [6.45, 7) is 13.1. The van der Waals surface area contributed by atoms with Gasteiger partial charge in [-0.05, 0) is 54.4 Å². The highest BCUT2D eigenvalue weighted by Crippen LogP contribution is 2.43. The van der Waals surface area contributed by atoms with E-state index >= 15 is 4.57 Å². The smallest absolute Gasteiger partial charge is 0.409 e. The summed E-state index contributed by atoms with van der Waals surface area (Å²) >= 11 is 0. The molecular formula is C40H61N8O10P. The minimum atomic E-state index is -4.27. The number of esters is 2. The molecule has 2 fully saturated rings. The molecule has 59 heavy (non-hydrogen) atoms. The summed E-state index contributed by atoms with van der Waals surface area (Å²) < 4.78 is 36.8. The largest absolute Gasteiger partial charge is 0.465 e. The second kappa shape index (κ2) is 21.1. The molecule has 2 aromatic rings. The van der Waals surface area contributed by atoms with E-state index in [9.17, 15) is 24.0 Å². The van der Waals surface area contributed by atoms with Crippen LogP contribution in [0.3, 0.4) is 0 Å². The molecule has 1 aromatic heterocycles. The number of carbonyl (C=O) groups excluding carboxylic acids is 5. The molecule has 4 rings (SSSR count). The first-order valence-corrected chi connectivity index (χ1v) is 22.1. The van der Waals surface area contributed by atoms with Crippen LogP contribution in [0.25, 0.3) is 11.4 Å². The van der Waals surface area contributed by atoms with Crippen LogP contribution in [0.2, 0.25) is 0 Å². The Bertz CT molecular complexity index is 1790. The van der Waals surface area contributed by atoms with Gasteiger partial charge < -0.3 is 39.0 Å². The Labute approximate surface area is 346 Å². The maximum atomic E-state index is 15.3. The summed E-state index contributed by atoms with van der Waals surface area (Å²) in [6, 6.07) is 9.17. The van der Waals surface area contributed by atoms with E-state index in [1.54, 1.807) is 21.0 Å². The van der Waals surface area contributed by atoms with E-state index in [4.69, 9.17) is 23.9 Å². The summed E-state index contributed by atoms with van der Waals surface area (Å²) in [7, 11) is -2.63. The number of aromatic nitrogens is 2. The van der Waals surface area contributed by atoms with Crippen LogP contribution >= 0.6 is 7.44 Å². The lowest BCUT2D eigenvalue weighted by molar-refractivity contribution is -0.149. The van der Waals surface area contributed by atoms with Crippen molar-refractivity contribution in [3.8, 4) is 11.4 Å². The van der Waals surface area contributed by atoms with Crippen LogP contribution < -0.4 is 20.4 Å². The molecule has 0 unspecified atom stereocenters. The molecule has 3 N–H and O–H groups in total. The lowest BCUT2D eigenvalue weighted by Gasteiger charge is -2.39. The van der Waals surface area contributed by atoms with Crippen LogP contribution in [0.4, 0.5) is 10.6 Å². The summed E-state index contributed by atoms with van der Waals surface area (Å²) in [4.78, 5) is 82.4. The summed E-state index contributed by atoms with van der Waals surface area (Å²) in [5.74, 6) is -2.07. The fourth-order valence-corrected chi connectivity index (χ4v) is 9.68. The van der Waals surface area contributed by atoms with Gasteiger partial charge in [0, 0.05) is 58.0 Å². The Kier molecular flexibility index (Phi) is 16.8. The number of amides is 3. The van der Waals surface area contributed by atoms with Crippen molar-refractivity contribution in [1.29, 1.82) is 0 Å². The molecule has 3 amide bonds. The molecule has 0 radical (unpaired) electrons. The Morgan fingerprint density at radius 2 is 1.44 bits per heavy atom. The first-order chi connectivity index (χ1) is 28.0. The number of ether oxygens (including phenoxy) is 4. The monoisotopic (exact) mass is 844 g/mol. The van der Waals surface area contributed by atoms with Gasteiger partial charge in [-0.15, -0.1) is 0 Å². The van der Waals surface area contributed by atoms with E-state index in [1.807, 2.05) is 42.2 Å². The molecule has 18 nitrogen and oxygen atoms in total. The van der Waals surface area contributed by atoms with Crippen LogP contribution in [-0.2, 0) is 37.9 Å². The fraction of sp³-hybridized carbons (Fsp3) is 0.625. The van der Waals surface area contributed by atoms with E-state index in [2.05, 4.69) is 20.5 Å². The summed E-state index contributed by atoms with van der Waals surface area (Å²) in [6.07, 6.45) is 1.21. The first-order valence-electron chi connectivity index (χ1n) is 20.2. The minimum Gasteiger partial charge on any atom is -0.465 e. The highest BCUT2D eigenvalue weighted by molar-refractivity contribution is 7.60. The van der Waals surface area contributed by atoms with Crippen LogP contribution in [-0.4, -0.2) is 145 Å². The van der Waals surface area contributed by atoms with Crippen molar-refractivity contribution in [2.75, 3.05) is 77.3 Å². The number of piperazine rings is 1. The lowest BCUT2D eigenvalue weighted by Crippen LogP contribution is -2.59. The Hall–Kier alpha value is -4.64. The molecule has 0 bridgehead atoms. The molecule has 2 atom stereocenters. The molecule has 19 heteroatoms. The van der Waals surface area contributed by atoms with Gasteiger partial charge in [0.25, 0.3) is 5.91 Å². The fourth-order valence-electron chi connectivity index (χ4n) is 6.69. The standard InChI is InChI=1S/C40H61N8O10P/c1-9-12-24-58-38(53)47-22-20-46(21-23-47)35(50)31(27-59(54,44-39(4,5)36(51)56-10-2)45-40(6,7)37(52)57-11-3)42-34(49)30-25-32(48-19-18-29(26-48)55-8)43-33(41-30)28-16-14-13-15-17-28/h13-17,25,29,31H,9-12,18-24,26-27H2,1-8H3,(H,42,49)(H2,44,45,54)/t29-,31-/m0/s1. The van der Waals surface area contributed by atoms with Crippen LogP contribution in [0.1, 0.15) is 78.2 Å². The van der Waals surface area contributed by atoms with Crippen molar-refractivity contribution in [2.24, 2.45) is 0 Å². The number of carbonyl (C=O) groups is 5. The van der Waals surface area contributed by atoms with Gasteiger partial charge in [0.15, 0.2) is 5.82 Å². The maximum Gasteiger partial charge on any atom is 0.409 e. The topological polar surface area (TPSA) is 211 Å². The molecule has 0 aliphatic carbocycles. The number of hydrogen-bond acceptors (Lipinski definition) is 13. The van der Waals surface area contributed by atoms with Crippen LogP contribution in [0.15, 0.2) is 36.4 Å². The van der Waals surface area contributed by atoms with E-state index in [0.717, 1.165) is 19.3 Å². The predicted octanol–water partition coefficient (Wildman–Crippen LogP) is 3.60.